The Balaban J connectivity index is 2.22. The van der Waals surface area contributed by atoms with E-state index in [1.807, 2.05) is 28.8 Å². The summed E-state index contributed by atoms with van der Waals surface area (Å²) in [6, 6.07) is 10.9. The summed E-state index contributed by atoms with van der Waals surface area (Å²) >= 11 is 0. The molecule has 3 rings (SSSR count). The third kappa shape index (κ3) is 3.64. The molecule has 6 nitrogen and oxygen atoms in total. The lowest BCUT2D eigenvalue weighted by Gasteiger charge is -2.20. The van der Waals surface area contributed by atoms with Crippen LogP contribution in [0.4, 0.5) is 0 Å². The lowest BCUT2D eigenvalue weighted by molar-refractivity contribution is 0.0619. The number of ether oxygens (including phenoxy) is 1. The molecule has 0 aliphatic heterocycles. The number of H-pyrrole nitrogens is 1. The van der Waals surface area contributed by atoms with Gasteiger partial charge in [-0.15, -0.1) is 0 Å². The van der Waals surface area contributed by atoms with E-state index < -0.39 is 5.60 Å². The van der Waals surface area contributed by atoms with Gasteiger partial charge in [-0.05, 0) is 32.0 Å². The molecule has 0 bridgehead atoms. The Morgan fingerprint density at radius 2 is 2.00 bits per heavy atom. The maximum absolute atomic E-state index is 11.4. The van der Waals surface area contributed by atoms with Crippen LogP contribution in [0.1, 0.15) is 13.8 Å². The predicted molar refractivity (Wildman–Crippen MR) is 96.6 cm³/mol. The highest BCUT2D eigenvalue weighted by Gasteiger charge is 2.22. The van der Waals surface area contributed by atoms with Crippen LogP contribution in [0.25, 0.3) is 22.5 Å². The number of hydrogen-bond acceptors (Lipinski definition) is 4. The second kappa shape index (κ2) is 6.57. The summed E-state index contributed by atoms with van der Waals surface area (Å²) in [7, 11) is 1.62. The van der Waals surface area contributed by atoms with E-state index in [0.29, 0.717) is 12.3 Å². The first-order valence-electron chi connectivity index (χ1n) is 7.99. The monoisotopic (exact) mass is 339 g/mol. The Morgan fingerprint density at radius 3 is 2.64 bits per heavy atom. The standard InChI is InChI=1S/C19H21N3O3/c1-19(2,24)11-22-12-21-17(14-6-4-5-7-15(14)25-3)18(22)13-8-9-16(23)20-10-13/h4-10,12,24H,11H2,1-3H3,(H,20,23). The fraction of sp³-hybridized carbons (Fsp3) is 0.263. The van der Waals surface area contributed by atoms with Crippen molar-refractivity contribution in [2.45, 2.75) is 26.0 Å². The van der Waals surface area contributed by atoms with Gasteiger partial charge in [-0.25, -0.2) is 4.98 Å². The third-order valence-corrected chi connectivity index (χ3v) is 3.81. The van der Waals surface area contributed by atoms with Crippen molar-refractivity contribution in [1.29, 1.82) is 0 Å². The van der Waals surface area contributed by atoms with Crippen molar-refractivity contribution in [3.05, 3.63) is 59.3 Å². The first-order valence-corrected chi connectivity index (χ1v) is 7.99. The smallest absolute Gasteiger partial charge is 0.247 e. The number of methoxy groups -OCH3 is 1. The molecule has 0 spiro atoms. The van der Waals surface area contributed by atoms with Crippen molar-refractivity contribution >= 4 is 0 Å². The Bertz CT molecular complexity index is 915. The first-order chi connectivity index (χ1) is 11.9. The molecule has 0 radical (unpaired) electrons. The van der Waals surface area contributed by atoms with Gasteiger partial charge < -0.3 is 19.4 Å². The molecule has 130 valence electrons. The number of para-hydroxylation sites is 1. The van der Waals surface area contributed by atoms with Crippen molar-refractivity contribution in [2.75, 3.05) is 7.11 Å². The van der Waals surface area contributed by atoms with Crippen LogP contribution in [-0.4, -0.2) is 32.4 Å². The first kappa shape index (κ1) is 17.0. The molecule has 3 aromatic rings. The molecule has 0 aliphatic carbocycles. The molecule has 6 heteroatoms. The summed E-state index contributed by atoms with van der Waals surface area (Å²) in [4.78, 5) is 18.7. The topological polar surface area (TPSA) is 80.1 Å². The molecule has 0 unspecified atom stereocenters. The number of benzene rings is 1. The van der Waals surface area contributed by atoms with Crippen LogP contribution in [0.3, 0.4) is 0 Å². The van der Waals surface area contributed by atoms with Crippen molar-refractivity contribution in [1.82, 2.24) is 14.5 Å². The summed E-state index contributed by atoms with van der Waals surface area (Å²) in [5.74, 6) is 0.710. The van der Waals surface area contributed by atoms with E-state index in [0.717, 1.165) is 22.5 Å². The zero-order chi connectivity index (χ0) is 18.0. The minimum absolute atomic E-state index is 0.170. The molecule has 2 aromatic heterocycles. The van der Waals surface area contributed by atoms with Gasteiger partial charge in [-0.2, -0.15) is 0 Å². The number of hydrogen-bond donors (Lipinski definition) is 2. The Labute approximate surface area is 145 Å². The number of aromatic nitrogens is 3. The normalized spacial score (nSPS) is 11.5. The van der Waals surface area contributed by atoms with E-state index in [1.165, 1.54) is 6.07 Å². The molecule has 0 saturated carbocycles. The van der Waals surface area contributed by atoms with Gasteiger partial charge >= 0.3 is 0 Å². The van der Waals surface area contributed by atoms with E-state index in [1.54, 1.807) is 39.5 Å². The number of nitrogens with zero attached hydrogens (tertiary/aromatic N) is 2. The van der Waals surface area contributed by atoms with Gasteiger partial charge in [0.25, 0.3) is 0 Å². The van der Waals surface area contributed by atoms with Crippen LogP contribution in [0.15, 0.2) is 53.7 Å². The third-order valence-electron chi connectivity index (χ3n) is 3.81. The van der Waals surface area contributed by atoms with Gasteiger partial charge in [0.2, 0.25) is 5.56 Å². The summed E-state index contributed by atoms with van der Waals surface area (Å²) in [6.45, 7) is 3.85. The minimum Gasteiger partial charge on any atom is -0.496 e. The van der Waals surface area contributed by atoms with Gasteiger partial charge in [-0.3, -0.25) is 4.79 Å². The molecule has 0 amide bonds. The van der Waals surface area contributed by atoms with Gasteiger partial charge in [-0.1, -0.05) is 12.1 Å². The Kier molecular flexibility index (Phi) is 4.46. The minimum atomic E-state index is -0.907. The van der Waals surface area contributed by atoms with E-state index in [-0.39, 0.29) is 5.56 Å². The average molecular weight is 339 g/mol. The van der Waals surface area contributed by atoms with E-state index >= 15 is 0 Å². The van der Waals surface area contributed by atoms with Crippen molar-refractivity contribution in [3.8, 4) is 28.3 Å². The number of aromatic amines is 1. The maximum atomic E-state index is 11.4. The van der Waals surface area contributed by atoms with Crippen LogP contribution < -0.4 is 10.3 Å². The summed E-state index contributed by atoms with van der Waals surface area (Å²) < 4.78 is 7.35. The van der Waals surface area contributed by atoms with Crippen LogP contribution >= 0.6 is 0 Å². The molecule has 25 heavy (non-hydrogen) atoms. The van der Waals surface area contributed by atoms with Crippen molar-refractivity contribution in [2.24, 2.45) is 0 Å². The van der Waals surface area contributed by atoms with Gasteiger partial charge in [0.1, 0.15) is 11.4 Å². The van der Waals surface area contributed by atoms with Gasteiger partial charge in [0.05, 0.1) is 31.3 Å². The molecule has 2 N–H and O–H groups in total. The number of nitrogens with one attached hydrogen (secondary N) is 1. The van der Waals surface area contributed by atoms with E-state index in [9.17, 15) is 9.90 Å². The van der Waals surface area contributed by atoms with E-state index in [4.69, 9.17) is 4.74 Å². The average Bonchev–Trinajstić information content (AvgIpc) is 2.97. The summed E-state index contributed by atoms with van der Waals surface area (Å²) in [6.07, 6.45) is 3.35. The fourth-order valence-electron chi connectivity index (χ4n) is 2.82. The number of aliphatic hydroxyl groups is 1. The molecule has 0 saturated heterocycles. The molecule has 0 atom stereocenters. The van der Waals surface area contributed by atoms with Crippen LogP contribution in [0.2, 0.25) is 0 Å². The SMILES string of the molecule is COc1ccccc1-c1ncn(CC(C)(C)O)c1-c1ccc(=O)[nH]c1. The molecule has 1 aromatic carbocycles. The highest BCUT2D eigenvalue weighted by atomic mass is 16.5. The lowest BCUT2D eigenvalue weighted by Crippen LogP contribution is -2.26. The maximum Gasteiger partial charge on any atom is 0.247 e. The zero-order valence-corrected chi connectivity index (χ0v) is 14.5. The van der Waals surface area contributed by atoms with Gasteiger partial charge in [0, 0.05) is 23.4 Å². The fourth-order valence-corrected chi connectivity index (χ4v) is 2.82. The summed E-state index contributed by atoms with van der Waals surface area (Å²) in [5, 5.41) is 10.2. The summed E-state index contributed by atoms with van der Waals surface area (Å²) in [5.41, 5.74) is 2.12. The van der Waals surface area contributed by atoms with Crippen LogP contribution in [-0.2, 0) is 6.54 Å². The number of rotatable bonds is 5. The van der Waals surface area contributed by atoms with E-state index in [2.05, 4.69) is 9.97 Å². The van der Waals surface area contributed by atoms with Gasteiger partial charge in [0.15, 0.2) is 0 Å². The number of imidazole rings is 1. The van der Waals surface area contributed by atoms with Crippen LogP contribution in [0.5, 0.6) is 5.75 Å². The second-order valence-corrected chi connectivity index (χ2v) is 6.52. The Morgan fingerprint density at radius 1 is 1.24 bits per heavy atom. The molecule has 0 fully saturated rings. The highest BCUT2D eigenvalue weighted by Crippen LogP contribution is 2.36. The predicted octanol–water partition coefficient (Wildman–Crippen LogP) is 2.68. The quantitative estimate of drug-likeness (QED) is 0.749. The molecule has 2 heterocycles. The molecular weight excluding hydrogens is 318 g/mol. The highest BCUT2D eigenvalue weighted by molar-refractivity contribution is 5.81. The molecular formula is C19H21N3O3. The van der Waals surface area contributed by atoms with Crippen LogP contribution in [0, 0.1) is 0 Å². The molecule has 0 aliphatic rings. The zero-order valence-electron chi connectivity index (χ0n) is 14.5. The largest absolute Gasteiger partial charge is 0.496 e. The lowest BCUT2D eigenvalue weighted by atomic mass is 10.0. The van der Waals surface area contributed by atoms with Crippen molar-refractivity contribution < 1.29 is 9.84 Å². The Hall–Kier alpha value is -2.86. The number of pyridine rings is 1. The van der Waals surface area contributed by atoms with Crippen molar-refractivity contribution in [3.63, 3.8) is 0 Å². The second-order valence-electron chi connectivity index (χ2n) is 6.52.